The molecule has 0 aliphatic rings. The molecule has 0 fully saturated rings. The van der Waals surface area contributed by atoms with E-state index < -0.39 is 0 Å². The molecule has 0 bridgehead atoms. The number of benzene rings is 2. The maximum Gasteiger partial charge on any atom is 0.224 e. The van der Waals surface area contributed by atoms with Crippen LogP contribution in [0.25, 0.3) is 10.8 Å². The van der Waals surface area contributed by atoms with Gasteiger partial charge in [0.1, 0.15) is 0 Å². The first-order valence-electron chi connectivity index (χ1n) is 7.77. The van der Waals surface area contributed by atoms with Crippen molar-refractivity contribution < 1.29 is 9.59 Å². The number of carbonyl (C=O) groups is 2. The summed E-state index contributed by atoms with van der Waals surface area (Å²) < 4.78 is 0. The van der Waals surface area contributed by atoms with E-state index in [4.69, 9.17) is 0 Å². The number of anilines is 2. The summed E-state index contributed by atoms with van der Waals surface area (Å²) in [6, 6.07) is 11.5. The molecule has 0 aliphatic carbocycles. The fraction of sp³-hybridized carbons (Fsp3) is 0.333. The van der Waals surface area contributed by atoms with Crippen LogP contribution >= 0.6 is 0 Å². The summed E-state index contributed by atoms with van der Waals surface area (Å²) in [6.45, 7) is 3.94. The molecule has 0 aliphatic heterocycles. The Morgan fingerprint density at radius 3 is 1.68 bits per heavy atom. The number of amides is 2. The monoisotopic (exact) mass is 298 g/mol. The van der Waals surface area contributed by atoms with E-state index in [1.165, 1.54) is 0 Å². The van der Waals surface area contributed by atoms with Crippen molar-refractivity contribution in [3.8, 4) is 0 Å². The Labute approximate surface area is 130 Å². The highest BCUT2D eigenvalue weighted by atomic mass is 16.2. The van der Waals surface area contributed by atoms with Gasteiger partial charge in [0, 0.05) is 18.2 Å². The maximum absolute atomic E-state index is 11.9. The molecule has 2 rings (SSSR count). The van der Waals surface area contributed by atoms with Gasteiger partial charge in [-0.15, -0.1) is 0 Å². The van der Waals surface area contributed by atoms with E-state index in [1.807, 2.05) is 50.2 Å². The van der Waals surface area contributed by atoms with Gasteiger partial charge in [-0.05, 0) is 30.4 Å². The third kappa shape index (κ3) is 3.85. The minimum atomic E-state index is -0.00955. The van der Waals surface area contributed by atoms with Crippen molar-refractivity contribution in [2.45, 2.75) is 39.5 Å². The average molecular weight is 298 g/mol. The fourth-order valence-electron chi connectivity index (χ4n) is 2.43. The molecule has 2 aromatic rings. The lowest BCUT2D eigenvalue weighted by Crippen LogP contribution is -2.13. The van der Waals surface area contributed by atoms with E-state index in [0.29, 0.717) is 12.8 Å². The summed E-state index contributed by atoms with van der Waals surface area (Å²) in [5, 5.41) is 7.75. The Bertz CT molecular complexity index is 625. The molecular formula is C18H22N2O2. The van der Waals surface area contributed by atoms with E-state index >= 15 is 0 Å². The van der Waals surface area contributed by atoms with E-state index in [9.17, 15) is 9.59 Å². The molecule has 2 aromatic carbocycles. The first kappa shape index (κ1) is 16.0. The van der Waals surface area contributed by atoms with E-state index in [-0.39, 0.29) is 11.8 Å². The molecule has 4 nitrogen and oxygen atoms in total. The number of hydrogen-bond acceptors (Lipinski definition) is 2. The van der Waals surface area contributed by atoms with Crippen molar-refractivity contribution in [3.05, 3.63) is 36.4 Å². The van der Waals surface area contributed by atoms with Crippen molar-refractivity contribution >= 4 is 34.0 Å². The zero-order valence-electron chi connectivity index (χ0n) is 13.1. The number of hydrogen-bond donors (Lipinski definition) is 2. The van der Waals surface area contributed by atoms with Crippen LogP contribution in [0, 0.1) is 0 Å². The Balaban J connectivity index is 2.39. The van der Waals surface area contributed by atoms with Gasteiger partial charge >= 0.3 is 0 Å². The Morgan fingerprint density at radius 2 is 1.27 bits per heavy atom. The normalized spacial score (nSPS) is 10.5. The predicted octanol–water partition coefficient (Wildman–Crippen LogP) is 4.32. The SMILES string of the molecule is CCCC(=O)Nc1cccc2cccc(NC(=O)CCC)c12. The second-order valence-electron chi connectivity index (χ2n) is 5.31. The topological polar surface area (TPSA) is 58.2 Å². The van der Waals surface area contributed by atoms with Gasteiger partial charge in [-0.2, -0.15) is 0 Å². The first-order chi connectivity index (χ1) is 10.7. The van der Waals surface area contributed by atoms with E-state index in [2.05, 4.69) is 10.6 Å². The van der Waals surface area contributed by atoms with Crippen molar-refractivity contribution in [1.29, 1.82) is 0 Å². The lowest BCUT2D eigenvalue weighted by molar-refractivity contribution is -0.117. The first-order valence-corrected chi connectivity index (χ1v) is 7.77. The molecule has 4 heteroatoms. The summed E-state index contributed by atoms with van der Waals surface area (Å²) in [7, 11) is 0. The van der Waals surface area contributed by atoms with Gasteiger partial charge in [-0.3, -0.25) is 9.59 Å². The highest BCUT2D eigenvalue weighted by Gasteiger charge is 2.10. The van der Waals surface area contributed by atoms with Crippen LogP contribution in [-0.2, 0) is 9.59 Å². The molecule has 0 saturated carbocycles. The van der Waals surface area contributed by atoms with Crippen LogP contribution in [-0.4, -0.2) is 11.8 Å². The molecular weight excluding hydrogens is 276 g/mol. The molecule has 116 valence electrons. The number of rotatable bonds is 6. The van der Waals surface area contributed by atoms with Crippen LogP contribution in [0.2, 0.25) is 0 Å². The summed E-state index contributed by atoms with van der Waals surface area (Å²) in [6.07, 6.45) is 2.58. The molecule has 0 spiro atoms. The van der Waals surface area contributed by atoms with Gasteiger partial charge in [0.2, 0.25) is 11.8 Å². The quantitative estimate of drug-likeness (QED) is 0.834. The van der Waals surface area contributed by atoms with Gasteiger partial charge in [-0.25, -0.2) is 0 Å². The van der Waals surface area contributed by atoms with Crippen molar-refractivity contribution in [2.24, 2.45) is 0 Å². The van der Waals surface area contributed by atoms with Crippen LogP contribution in [0.15, 0.2) is 36.4 Å². The zero-order valence-corrected chi connectivity index (χ0v) is 13.1. The second kappa shape index (κ2) is 7.59. The van der Waals surface area contributed by atoms with Gasteiger partial charge < -0.3 is 10.6 Å². The van der Waals surface area contributed by atoms with Gasteiger partial charge in [0.05, 0.1) is 11.4 Å². The third-order valence-electron chi connectivity index (χ3n) is 3.41. The zero-order chi connectivity index (χ0) is 15.9. The predicted molar refractivity (Wildman–Crippen MR) is 91.0 cm³/mol. The molecule has 0 heterocycles. The second-order valence-corrected chi connectivity index (χ2v) is 5.31. The Kier molecular flexibility index (Phi) is 5.53. The van der Waals surface area contributed by atoms with Crippen LogP contribution < -0.4 is 10.6 Å². The smallest absolute Gasteiger partial charge is 0.224 e. The van der Waals surface area contributed by atoms with E-state index in [1.54, 1.807) is 0 Å². The molecule has 0 saturated heterocycles. The summed E-state index contributed by atoms with van der Waals surface area (Å²) in [5.74, 6) is -0.0191. The minimum absolute atomic E-state index is 0.00955. The molecule has 0 radical (unpaired) electrons. The van der Waals surface area contributed by atoms with Crippen LogP contribution in [0.4, 0.5) is 11.4 Å². The summed E-state index contributed by atoms with van der Waals surface area (Å²) in [5.41, 5.74) is 1.48. The molecule has 2 amide bonds. The number of carbonyl (C=O) groups excluding carboxylic acids is 2. The fourth-order valence-corrected chi connectivity index (χ4v) is 2.43. The van der Waals surface area contributed by atoms with Crippen molar-refractivity contribution in [2.75, 3.05) is 10.6 Å². The molecule has 0 atom stereocenters. The number of fused-ring (bicyclic) bond motifs is 1. The highest BCUT2D eigenvalue weighted by molar-refractivity contribution is 6.11. The van der Waals surface area contributed by atoms with Crippen LogP contribution in [0.3, 0.4) is 0 Å². The lowest BCUT2D eigenvalue weighted by Gasteiger charge is -2.13. The standard InChI is InChI=1S/C18H22N2O2/c1-3-7-16(21)19-14-11-5-9-13-10-6-12-15(18(13)14)20-17(22)8-4-2/h5-6,9-12H,3-4,7-8H2,1-2H3,(H,19,21)(H,20,22). The van der Waals surface area contributed by atoms with Crippen LogP contribution in [0.5, 0.6) is 0 Å². The molecule has 0 unspecified atom stereocenters. The average Bonchev–Trinajstić information content (AvgIpc) is 2.48. The Morgan fingerprint density at radius 1 is 0.818 bits per heavy atom. The number of nitrogens with one attached hydrogen (secondary N) is 2. The van der Waals surface area contributed by atoms with Crippen molar-refractivity contribution in [1.82, 2.24) is 0 Å². The molecule has 2 N–H and O–H groups in total. The summed E-state index contributed by atoms with van der Waals surface area (Å²) in [4.78, 5) is 23.8. The largest absolute Gasteiger partial charge is 0.325 e. The van der Waals surface area contributed by atoms with Crippen molar-refractivity contribution in [3.63, 3.8) is 0 Å². The minimum Gasteiger partial charge on any atom is -0.325 e. The van der Waals surface area contributed by atoms with Crippen LogP contribution in [0.1, 0.15) is 39.5 Å². The summed E-state index contributed by atoms with van der Waals surface area (Å²) >= 11 is 0. The third-order valence-corrected chi connectivity index (χ3v) is 3.41. The highest BCUT2D eigenvalue weighted by Crippen LogP contribution is 2.31. The molecule has 22 heavy (non-hydrogen) atoms. The van der Waals surface area contributed by atoms with Gasteiger partial charge in [-0.1, -0.05) is 38.1 Å². The Hall–Kier alpha value is -2.36. The van der Waals surface area contributed by atoms with Gasteiger partial charge in [0.15, 0.2) is 0 Å². The maximum atomic E-state index is 11.9. The lowest BCUT2D eigenvalue weighted by atomic mass is 10.1. The van der Waals surface area contributed by atoms with E-state index in [0.717, 1.165) is 35.0 Å². The molecule has 0 aromatic heterocycles. The van der Waals surface area contributed by atoms with Gasteiger partial charge in [0.25, 0.3) is 0 Å².